The third-order valence-electron chi connectivity index (χ3n) is 4.41. The van der Waals surface area contributed by atoms with Crippen LogP contribution in [0.1, 0.15) is 20.3 Å². The largest absolute Gasteiger partial charge is 0.392 e. The molecule has 0 aromatic rings. The van der Waals surface area contributed by atoms with E-state index in [-0.39, 0.29) is 23.9 Å². The maximum absolute atomic E-state index is 12.1. The molecule has 1 spiro atoms. The van der Waals surface area contributed by atoms with Crippen LogP contribution < -0.4 is 0 Å². The van der Waals surface area contributed by atoms with Crippen LogP contribution in [-0.2, 0) is 9.53 Å². The number of ether oxygens (including phenoxy) is 1. The lowest BCUT2D eigenvalue weighted by Gasteiger charge is -2.33. The Balaban J connectivity index is 2.04. The highest BCUT2D eigenvalue weighted by Gasteiger charge is 2.76. The number of hydrogen-bond acceptors (Lipinski definition) is 4. The highest BCUT2D eigenvalue weighted by Crippen LogP contribution is 2.69. The predicted octanol–water partition coefficient (Wildman–Crippen LogP) is 0.0324. The SMILES string of the molecule is CC1(C)O[C@@H]2[C@H](O)C(CO)=CC(=O)[C@]23C[C@H]13. The fourth-order valence-corrected chi connectivity index (χ4v) is 3.45. The first-order valence-electron chi connectivity index (χ1n) is 5.65. The van der Waals surface area contributed by atoms with Crippen LogP contribution in [0, 0.1) is 11.3 Å². The highest BCUT2D eigenvalue weighted by molar-refractivity contribution is 6.00. The summed E-state index contributed by atoms with van der Waals surface area (Å²) in [5.74, 6) is 0.228. The van der Waals surface area contributed by atoms with Crippen molar-refractivity contribution >= 4 is 5.78 Å². The summed E-state index contributed by atoms with van der Waals surface area (Å²) in [6, 6.07) is 0. The van der Waals surface area contributed by atoms with Crippen molar-refractivity contribution in [3.63, 3.8) is 0 Å². The monoisotopic (exact) mass is 224 g/mol. The summed E-state index contributed by atoms with van der Waals surface area (Å²) < 4.78 is 5.80. The Morgan fingerprint density at radius 3 is 2.81 bits per heavy atom. The van der Waals surface area contributed by atoms with Crippen LogP contribution in [0.3, 0.4) is 0 Å². The maximum Gasteiger partial charge on any atom is 0.165 e. The van der Waals surface area contributed by atoms with Crippen molar-refractivity contribution in [2.75, 3.05) is 6.61 Å². The van der Waals surface area contributed by atoms with Gasteiger partial charge in [0.2, 0.25) is 0 Å². The van der Waals surface area contributed by atoms with Gasteiger partial charge in [0.05, 0.1) is 17.6 Å². The first-order valence-corrected chi connectivity index (χ1v) is 5.65. The van der Waals surface area contributed by atoms with E-state index in [1.54, 1.807) is 0 Å². The first kappa shape index (κ1) is 10.4. The lowest BCUT2D eigenvalue weighted by molar-refractivity contribution is -0.134. The molecule has 1 aliphatic heterocycles. The molecule has 1 saturated heterocycles. The molecular weight excluding hydrogens is 208 g/mol. The number of ketones is 1. The van der Waals surface area contributed by atoms with E-state index in [9.17, 15) is 9.90 Å². The maximum atomic E-state index is 12.1. The number of carbonyl (C=O) groups is 1. The zero-order valence-corrected chi connectivity index (χ0v) is 9.43. The van der Waals surface area contributed by atoms with Crippen molar-refractivity contribution in [1.82, 2.24) is 0 Å². The van der Waals surface area contributed by atoms with E-state index in [1.807, 2.05) is 13.8 Å². The molecule has 2 fully saturated rings. The van der Waals surface area contributed by atoms with E-state index >= 15 is 0 Å². The number of aliphatic hydroxyl groups excluding tert-OH is 2. The summed E-state index contributed by atoms with van der Waals surface area (Å²) >= 11 is 0. The molecule has 0 amide bonds. The van der Waals surface area contributed by atoms with Gasteiger partial charge in [0.1, 0.15) is 12.2 Å². The first-order chi connectivity index (χ1) is 7.43. The van der Waals surface area contributed by atoms with Crippen LogP contribution in [0.15, 0.2) is 11.6 Å². The number of hydrogen-bond donors (Lipinski definition) is 2. The molecule has 1 saturated carbocycles. The van der Waals surface area contributed by atoms with Gasteiger partial charge >= 0.3 is 0 Å². The average molecular weight is 224 g/mol. The molecule has 0 bridgehead atoms. The summed E-state index contributed by atoms with van der Waals surface area (Å²) in [6.45, 7) is 3.64. The third-order valence-corrected chi connectivity index (χ3v) is 4.41. The molecule has 1 heterocycles. The van der Waals surface area contributed by atoms with Crippen LogP contribution in [0.4, 0.5) is 0 Å². The van der Waals surface area contributed by atoms with Gasteiger partial charge in [-0.25, -0.2) is 0 Å². The van der Waals surface area contributed by atoms with Crippen molar-refractivity contribution in [3.05, 3.63) is 11.6 Å². The molecule has 3 rings (SSSR count). The van der Waals surface area contributed by atoms with Crippen LogP contribution in [0.2, 0.25) is 0 Å². The Kier molecular flexibility index (Phi) is 1.80. The Labute approximate surface area is 93.9 Å². The van der Waals surface area contributed by atoms with Gasteiger partial charge in [-0.05, 0) is 31.9 Å². The van der Waals surface area contributed by atoms with E-state index < -0.39 is 17.6 Å². The minimum absolute atomic E-state index is 0.0161. The second-order valence-corrected chi connectivity index (χ2v) is 5.63. The standard InChI is InChI=1S/C12H16O4/c1-11(2)7-4-12(7)8(14)3-6(5-13)9(15)10(12)16-11/h3,7,9-10,13,15H,4-5H2,1-2H3/t7-,9-,10-,12-/m1/s1. The summed E-state index contributed by atoms with van der Waals surface area (Å²) in [4.78, 5) is 12.1. The number of allylic oxidation sites excluding steroid dienone is 1. The molecule has 88 valence electrons. The van der Waals surface area contributed by atoms with E-state index in [0.717, 1.165) is 6.42 Å². The van der Waals surface area contributed by atoms with E-state index in [1.165, 1.54) is 6.08 Å². The van der Waals surface area contributed by atoms with Gasteiger partial charge in [0.15, 0.2) is 5.78 Å². The smallest absolute Gasteiger partial charge is 0.165 e. The molecule has 2 N–H and O–H groups in total. The van der Waals surface area contributed by atoms with E-state index in [0.29, 0.717) is 5.57 Å². The summed E-state index contributed by atoms with van der Waals surface area (Å²) in [5, 5.41) is 19.2. The Morgan fingerprint density at radius 2 is 2.25 bits per heavy atom. The normalized spacial score (nSPS) is 48.4. The van der Waals surface area contributed by atoms with Crippen molar-refractivity contribution in [2.45, 2.75) is 38.1 Å². The lowest BCUT2D eigenvalue weighted by atomic mass is 9.80. The number of rotatable bonds is 1. The fourth-order valence-electron chi connectivity index (χ4n) is 3.45. The van der Waals surface area contributed by atoms with Gasteiger partial charge in [-0.3, -0.25) is 4.79 Å². The molecule has 16 heavy (non-hydrogen) atoms. The van der Waals surface area contributed by atoms with Gasteiger partial charge in [-0.15, -0.1) is 0 Å². The number of carbonyl (C=O) groups excluding carboxylic acids is 1. The zero-order valence-electron chi connectivity index (χ0n) is 9.43. The molecule has 0 unspecified atom stereocenters. The molecule has 0 aromatic carbocycles. The summed E-state index contributed by atoms with van der Waals surface area (Å²) in [6.07, 6.45) is 0.906. The Bertz CT molecular complexity index is 398. The van der Waals surface area contributed by atoms with Crippen molar-refractivity contribution in [1.29, 1.82) is 0 Å². The molecule has 2 aliphatic carbocycles. The van der Waals surface area contributed by atoms with E-state index in [2.05, 4.69) is 0 Å². The topological polar surface area (TPSA) is 66.8 Å². The van der Waals surface area contributed by atoms with Crippen LogP contribution in [0.5, 0.6) is 0 Å². The zero-order chi connectivity index (χ0) is 11.7. The molecule has 0 radical (unpaired) electrons. The molecule has 4 nitrogen and oxygen atoms in total. The third kappa shape index (κ3) is 0.979. The second kappa shape index (κ2) is 2.75. The summed E-state index contributed by atoms with van der Waals surface area (Å²) in [5.41, 5.74) is -0.467. The molecule has 4 heteroatoms. The lowest BCUT2D eigenvalue weighted by Crippen LogP contribution is -2.45. The molecule has 4 atom stereocenters. The van der Waals surface area contributed by atoms with Crippen LogP contribution in [0.25, 0.3) is 0 Å². The quantitative estimate of drug-likeness (QED) is 0.659. The Morgan fingerprint density at radius 1 is 1.56 bits per heavy atom. The van der Waals surface area contributed by atoms with E-state index in [4.69, 9.17) is 9.84 Å². The van der Waals surface area contributed by atoms with Crippen LogP contribution in [-0.4, -0.2) is 40.4 Å². The van der Waals surface area contributed by atoms with Crippen molar-refractivity contribution in [2.24, 2.45) is 11.3 Å². The summed E-state index contributed by atoms with van der Waals surface area (Å²) in [7, 11) is 0. The second-order valence-electron chi connectivity index (χ2n) is 5.63. The molecule has 3 aliphatic rings. The Hall–Kier alpha value is -0.710. The molecule has 0 aromatic heterocycles. The van der Waals surface area contributed by atoms with Gasteiger partial charge in [0, 0.05) is 5.92 Å². The molecular formula is C12H16O4. The van der Waals surface area contributed by atoms with Gasteiger partial charge in [-0.1, -0.05) is 0 Å². The van der Waals surface area contributed by atoms with Gasteiger partial charge < -0.3 is 14.9 Å². The van der Waals surface area contributed by atoms with Crippen molar-refractivity contribution < 1.29 is 19.7 Å². The minimum Gasteiger partial charge on any atom is -0.392 e. The fraction of sp³-hybridized carbons (Fsp3) is 0.750. The predicted molar refractivity (Wildman–Crippen MR) is 55.7 cm³/mol. The average Bonchev–Trinajstić information content (AvgIpc) is 2.92. The number of aliphatic hydroxyl groups is 2. The van der Waals surface area contributed by atoms with Gasteiger partial charge in [0.25, 0.3) is 0 Å². The van der Waals surface area contributed by atoms with Crippen LogP contribution >= 0.6 is 0 Å². The van der Waals surface area contributed by atoms with Crippen molar-refractivity contribution in [3.8, 4) is 0 Å². The minimum atomic E-state index is -0.838. The highest BCUT2D eigenvalue weighted by atomic mass is 16.5. The van der Waals surface area contributed by atoms with Gasteiger partial charge in [-0.2, -0.15) is 0 Å².